The fraction of sp³-hybridized carbons (Fsp3) is 0. The van der Waals surface area contributed by atoms with E-state index in [1.165, 1.54) is 0 Å². The molecule has 0 heterocycles. The van der Waals surface area contributed by atoms with Gasteiger partial charge in [-0.3, -0.25) is 0 Å². The van der Waals surface area contributed by atoms with Crippen LogP contribution in [0.5, 0.6) is 0 Å². The van der Waals surface area contributed by atoms with E-state index in [0.29, 0.717) is 0 Å². The molecule has 0 bridgehead atoms. The molecule has 0 spiro atoms. The topological polar surface area (TPSA) is 0 Å². The second-order valence-electron chi connectivity index (χ2n) is 0. The summed E-state index contributed by atoms with van der Waals surface area (Å²) in [6.07, 6.45) is 0. The van der Waals surface area contributed by atoms with E-state index in [-0.39, 0.29) is 84.6 Å². The maximum atomic E-state index is 0. The summed E-state index contributed by atoms with van der Waals surface area (Å²) < 4.78 is 0. The summed E-state index contributed by atoms with van der Waals surface area (Å²) in [5, 5.41) is 0. The minimum absolute atomic E-state index is 0. The Hall–Kier alpha value is 2.53. The van der Waals surface area contributed by atoms with E-state index < -0.39 is 0 Å². The predicted molar refractivity (Wildman–Crippen MR) is 17.3 cm³/mol. The van der Waals surface area contributed by atoms with Gasteiger partial charge < -0.3 is 0 Å². The predicted octanol–water partition coefficient (Wildman–Crippen LogP) is -1.15. The third-order valence-corrected chi connectivity index (χ3v) is 0. The zero-order valence-corrected chi connectivity index (χ0v) is 12.3. The average molecular weight is 213 g/mol. The summed E-state index contributed by atoms with van der Waals surface area (Å²) >= 11 is 0. The van der Waals surface area contributed by atoms with Crippen LogP contribution in [0.15, 0.2) is 0 Å². The molecule has 0 aromatic heterocycles. The third kappa shape index (κ3) is 20.9. The van der Waals surface area contributed by atoms with Crippen molar-refractivity contribution in [3.8, 4) is 0 Å². The van der Waals surface area contributed by atoms with Gasteiger partial charge in [-0.2, -0.15) is 0 Å². The van der Waals surface area contributed by atoms with Crippen LogP contribution in [-0.4, -0.2) is 45.7 Å². The maximum Gasteiger partial charge on any atom is 0 e. The Morgan fingerprint density at radius 2 is 0.600 bits per heavy atom. The molecule has 0 nitrogen and oxygen atoms in total. The van der Waals surface area contributed by atoms with E-state index in [1.54, 1.807) is 0 Å². The van der Waals surface area contributed by atoms with Gasteiger partial charge >= 0.3 is 0 Å². The number of hydrogen-bond acceptors (Lipinski definition) is 0. The van der Waals surface area contributed by atoms with E-state index in [9.17, 15) is 0 Å². The summed E-state index contributed by atoms with van der Waals surface area (Å²) in [5.74, 6) is 0. The summed E-state index contributed by atoms with van der Waals surface area (Å²) in [6.45, 7) is 0. The second-order valence-corrected chi connectivity index (χ2v) is 0. The molecule has 0 unspecified atom stereocenters. The Balaban J connectivity index is 0. The van der Waals surface area contributed by atoms with Crippen LogP contribution in [0.4, 0.5) is 0 Å². The van der Waals surface area contributed by atoms with E-state index in [0.717, 1.165) is 0 Å². The molecule has 0 rings (SSSR count). The molecule has 10 radical (unpaired) electrons. The van der Waals surface area contributed by atoms with Gasteiger partial charge in [0.2, 0.25) is 0 Å². The summed E-state index contributed by atoms with van der Waals surface area (Å²) in [4.78, 5) is 0. The first-order chi connectivity index (χ1) is 0. The van der Waals surface area contributed by atoms with E-state index in [4.69, 9.17) is 0 Å². The SMILES string of the molecule is [Al].[Al].[Si].[Zn].[Zn]. The van der Waals surface area contributed by atoms with Gasteiger partial charge in [0.25, 0.3) is 0 Å². The van der Waals surface area contributed by atoms with Crippen LogP contribution in [0.25, 0.3) is 0 Å². The minimum Gasteiger partial charge on any atom is 0 e. The van der Waals surface area contributed by atoms with Gasteiger partial charge in [-0.1, -0.05) is 0 Å². The van der Waals surface area contributed by atoms with Crippen molar-refractivity contribution < 1.29 is 39.0 Å². The van der Waals surface area contributed by atoms with Crippen molar-refractivity contribution in [2.45, 2.75) is 0 Å². The van der Waals surface area contributed by atoms with Crippen molar-refractivity contribution in [1.82, 2.24) is 0 Å². The Morgan fingerprint density at radius 3 is 0.600 bits per heavy atom. The van der Waals surface area contributed by atoms with E-state index >= 15 is 0 Å². The Morgan fingerprint density at radius 1 is 0.600 bits per heavy atom. The molecular weight excluding hydrogens is 213 g/mol. The van der Waals surface area contributed by atoms with Crippen molar-refractivity contribution in [2.24, 2.45) is 0 Å². The Labute approximate surface area is 83.7 Å². The van der Waals surface area contributed by atoms with Gasteiger partial charge in [0, 0.05) is 84.6 Å². The van der Waals surface area contributed by atoms with Crippen LogP contribution < -0.4 is 0 Å². The number of hydrogen-bond donors (Lipinski definition) is 0. The van der Waals surface area contributed by atoms with Gasteiger partial charge in [0.1, 0.15) is 0 Å². The van der Waals surface area contributed by atoms with Crippen molar-refractivity contribution in [1.29, 1.82) is 0 Å². The summed E-state index contributed by atoms with van der Waals surface area (Å²) in [6, 6.07) is 0. The van der Waals surface area contributed by atoms with Crippen molar-refractivity contribution in [3.05, 3.63) is 0 Å². The van der Waals surface area contributed by atoms with Crippen LogP contribution in [0.2, 0.25) is 0 Å². The van der Waals surface area contributed by atoms with Crippen molar-refractivity contribution >= 4 is 45.7 Å². The van der Waals surface area contributed by atoms with Gasteiger partial charge in [-0.25, -0.2) is 0 Å². The fourth-order valence-electron chi connectivity index (χ4n) is 0. The molecule has 0 aliphatic rings. The minimum atomic E-state index is 0. The van der Waals surface area contributed by atoms with Gasteiger partial charge in [0.15, 0.2) is 0 Å². The molecule has 0 saturated carbocycles. The Bertz CT molecular complexity index is 7.61. The normalized spacial score (nSPS) is 0. The molecule has 0 aliphatic heterocycles. The quantitative estimate of drug-likeness (QED) is 0.446. The van der Waals surface area contributed by atoms with Crippen LogP contribution in [0.1, 0.15) is 0 Å². The van der Waals surface area contributed by atoms with E-state index in [1.807, 2.05) is 0 Å². The first kappa shape index (κ1) is 50.2. The molecule has 0 amide bonds. The molecule has 0 atom stereocenters. The summed E-state index contributed by atoms with van der Waals surface area (Å²) in [7, 11) is 0. The van der Waals surface area contributed by atoms with Crippen molar-refractivity contribution in [2.75, 3.05) is 0 Å². The van der Waals surface area contributed by atoms with Crippen LogP contribution >= 0.6 is 0 Å². The largest absolute Gasteiger partial charge is 0 e. The first-order valence-corrected chi connectivity index (χ1v) is 0. The zero-order valence-electron chi connectivity index (χ0n) is 3.07. The van der Waals surface area contributed by atoms with Gasteiger partial charge in [-0.05, 0) is 0 Å². The molecule has 0 aromatic carbocycles. The smallest absolute Gasteiger partial charge is 0 e. The standard InChI is InChI=1S/2Al.Si.2Zn. The summed E-state index contributed by atoms with van der Waals surface area (Å²) in [5.41, 5.74) is 0. The third-order valence-electron chi connectivity index (χ3n) is 0. The molecule has 0 aliphatic carbocycles. The fourth-order valence-corrected chi connectivity index (χ4v) is 0. The second kappa shape index (κ2) is 31.2. The first-order valence-electron chi connectivity index (χ1n) is 0. The molecule has 0 aromatic rings. The average Bonchev–Trinajstić information content (AvgIpc) is 0. The molecule has 5 heteroatoms. The van der Waals surface area contributed by atoms with Crippen LogP contribution in [0.3, 0.4) is 0 Å². The molecule has 0 fully saturated rings. The van der Waals surface area contributed by atoms with Gasteiger partial charge in [-0.15, -0.1) is 0 Å². The van der Waals surface area contributed by atoms with Crippen molar-refractivity contribution in [3.63, 3.8) is 0 Å². The number of rotatable bonds is 0. The van der Waals surface area contributed by atoms with Crippen LogP contribution in [0, 0.1) is 0 Å². The molecule has 14 valence electrons. The molecule has 0 N–H and O–H groups in total. The molecule has 0 saturated heterocycles. The zero-order chi connectivity index (χ0) is 0. The van der Waals surface area contributed by atoms with Gasteiger partial charge in [0.05, 0.1) is 0 Å². The van der Waals surface area contributed by atoms with E-state index in [2.05, 4.69) is 0 Å². The van der Waals surface area contributed by atoms with Crippen LogP contribution in [-0.2, 0) is 39.0 Å². The molecular formula is Al2SiZn2. The molecule has 5 heavy (non-hydrogen) atoms. The monoisotopic (exact) mass is 210 g/mol. The maximum absolute atomic E-state index is 0. The Kier molecular flexibility index (Phi) is 313.